The monoisotopic (exact) mass is 370 g/mol. The lowest BCUT2D eigenvalue weighted by Gasteiger charge is -2.08. The van der Waals surface area contributed by atoms with Crippen molar-refractivity contribution < 1.29 is 9.53 Å². The predicted octanol–water partition coefficient (Wildman–Crippen LogP) is 4.57. The highest BCUT2D eigenvalue weighted by Gasteiger charge is 2.06. The number of nitrogens with one attached hydrogen (secondary N) is 2. The van der Waals surface area contributed by atoms with Crippen LogP contribution in [0.3, 0.4) is 0 Å². The lowest BCUT2D eigenvalue weighted by atomic mass is 10.1. The van der Waals surface area contributed by atoms with E-state index in [0.717, 1.165) is 23.1 Å². The van der Waals surface area contributed by atoms with Gasteiger partial charge in [0.1, 0.15) is 5.75 Å². The predicted molar refractivity (Wildman–Crippen MR) is 112 cm³/mol. The van der Waals surface area contributed by atoms with Gasteiger partial charge in [-0.05, 0) is 41.3 Å². The number of rotatable bonds is 7. The van der Waals surface area contributed by atoms with Gasteiger partial charge in [0.2, 0.25) is 0 Å². The first-order chi connectivity index (χ1) is 13.8. The molecule has 4 nitrogen and oxygen atoms in total. The molecule has 1 amide bonds. The van der Waals surface area contributed by atoms with E-state index in [1.54, 1.807) is 0 Å². The van der Waals surface area contributed by atoms with Crippen molar-refractivity contribution in [3.05, 3.63) is 90.6 Å². The second-order valence-electron chi connectivity index (χ2n) is 6.64. The third-order valence-electron chi connectivity index (χ3n) is 4.72. The van der Waals surface area contributed by atoms with Crippen LogP contribution in [0.1, 0.15) is 5.56 Å². The first kappa shape index (κ1) is 17.9. The van der Waals surface area contributed by atoms with Gasteiger partial charge in [-0.3, -0.25) is 4.79 Å². The zero-order valence-corrected chi connectivity index (χ0v) is 15.5. The van der Waals surface area contributed by atoms with Gasteiger partial charge in [0, 0.05) is 23.6 Å². The van der Waals surface area contributed by atoms with Crippen molar-refractivity contribution in [2.75, 3.05) is 13.2 Å². The zero-order valence-electron chi connectivity index (χ0n) is 15.5. The van der Waals surface area contributed by atoms with Crippen LogP contribution >= 0.6 is 0 Å². The van der Waals surface area contributed by atoms with Crippen molar-refractivity contribution in [3.8, 4) is 16.9 Å². The van der Waals surface area contributed by atoms with E-state index in [4.69, 9.17) is 4.74 Å². The fourth-order valence-electron chi connectivity index (χ4n) is 3.25. The van der Waals surface area contributed by atoms with Crippen molar-refractivity contribution in [1.29, 1.82) is 0 Å². The molecule has 0 spiro atoms. The standard InChI is InChI=1S/C24H22N2O2/c27-24(25-15-14-20-16-26-23-9-5-4-8-22(20)23)17-28-21-12-10-19(11-13-21)18-6-2-1-3-7-18/h1-13,16,26H,14-15,17H2,(H,25,27). The molecule has 4 aromatic rings. The number of H-pyrrole nitrogens is 1. The Kier molecular flexibility index (Phi) is 5.38. The summed E-state index contributed by atoms with van der Waals surface area (Å²) in [5.41, 5.74) is 4.60. The number of amides is 1. The first-order valence-electron chi connectivity index (χ1n) is 9.39. The topological polar surface area (TPSA) is 54.1 Å². The molecule has 0 bridgehead atoms. The van der Waals surface area contributed by atoms with Crippen LogP contribution < -0.4 is 10.1 Å². The van der Waals surface area contributed by atoms with E-state index in [9.17, 15) is 4.79 Å². The molecule has 0 atom stereocenters. The summed E-state index contributed by atoms with van der Waals surface area (Å²) < 4.78 is 5.60. The van der Waals surface area contributed by atoms with Gasteiger partial charge in [-0.2, -0.15) is 0 Å². The van der Waals surface area contributed by atoms with Gasteiger partial charge in [-0.25, -0.2) is 0 Å². The van der Waals surface area contributed by atoms with Crippen LogP contribution in [0.25, 0.3) is 22.0 Å². The summed E-state index contributed by atoms with van der Waals surface area (Å²) in [5.74, 6) is 0.568. The quantitative estimate of drug-likeness (QED) is 0.501. The van der Waals surface area contributed by atoms with Crippen molar-refractivity contribution in [1.82, 2.24) is 10.3 Å². The second-order valence-corrected chi connectivity index (χ2v) is 6.64. The average molecular weight is 370 g/mol. The molecule has 0 aliphatic carbocycles. The molecule has 0 fully saturated rings. The summed E-state index contributed by atoms with van der Waals surface area (Å²) >= 11 is 0. The number of ether oxygens (including phenoxy) is 1. The van der Waals surface area contributed by atoms with Gasteiger partial charge in [0.15, 0.2) is 6.61 Å². The highest BCUT2D eigenvalue weighted by molar-refractivity contribution is 5.83. The van der Waals surface area contributed by atoms with E-state index in [0.29, 0.717) is 12.3 Å². The molecule has 0 unspecified atom stereocenters. The number of aromatic nitrogens is 1. The third kappa shape index (κ3) is 4.23. The van der Waals surface area contributed by atoms with Crippen LogP contribution in [-0.2, 0) is 11.2 Å². The largest absolute Gasteiger partial charge is 0.484 e. The smallest absolute Gasteiger partial charge is 0.257 e. The summed E-state index contributed by atoms with van der Waals surface area (Å²) in [4.78, 5) is 15.3. The number of carbonyl (C=O) groups is 1. The molecule has 28 heavy (non-hydrogen) atoms. The zero-order chi connectivity index (χ0) is 19.2. The van der Waals surface area contributed by atoms with Crippen molar-refractivity contribution in [3.63, 3.8) is 0 Å². The normalized spacial score (nSPS) is 10.7. The second kappa shape index (κ2) is 8.44. The minimum atomic E-state index is -0.119. The minimum Gasteiger partial charge on any atom is -0.484 e. The molecule has 0 saturated heterocycles. The highest BCUT2D eigenvalue weighted by atomic mass is 16.5. The fourth-order valence-corrected chi connectivity index (χ4v) is 3.25. The molecule has 140 valence electrons. The number of hydrogen-bond acceptors (Lipinski definition) is 2. The lowest BCUT2D eigenvalue weighted by Crippen LogP contribution is -2.30. The SMILES string of the molecule is O=C(COc1ccc(-c2ccccc2)cc1)NCCc1c[nH]c2ccccc12. The Morgan fingerprint density at radius 3 is 2.39 bits per heavy atom. The number of para-hydroxylation sites is 1. The van der Waals surface area contributed by atoms with Crippen LogP contribution in [0.5, 0.6) is 5.75 Å². The summed E-state index contributed by atoms with van der Waals surface area (Å²) in [6.45, 7) is 0.593. The van der Waals surface area contributed by atoms with E-state index in [2.05, 4.69) is 28.5 Å². The van der Waals surface area contributed by atoms with Gasteiger partial charge >= 0.3 is 0 Å². The molecule has 1 aromatic heterocycles. The van der Waals surface area contributed by atoms with Crippen LogP contribution in [-0.4, -0.2) is 24.0 Å². The molecular formula is C24H22N2O2. The first-order valence-corrected chi connectivity index (χ1v) is 9.39. The number of benzene rings is 3. The summed E-state index contributed by atoms with van der Waals surface area (Å²) in [6.07, 6.45) is 2.78. The highest BCUT2D eigenvalue weighted by Crippen LogP contribution is 2.22. The Morgan fingerprint density at radius 1 is 0.857 bits per heavy atom. The Labute approximate surface area is 164 Å². The maximum absolute atomic E-state index is 12.1. The lowest BCUT2D eigenvalue weighted by molar-refractivity contribution is -0.123. The molecule has 3 aromatic carbocycles. The molecule has 2 N–H and O–H groups in total. The van der Waals surface area contributed by atoms with E-state index >= 15 is 0 Å². The molecular weight excluding hydrogens is 348 g/mol. The van der Waals surface area contributed by atoms with Gasteiger partial charge in [0.05, 0.1) is 0 Å². The van der Waals surface area contributed by atoms with Crippen LogP contribution in [0, 0.1) is 0 Å². The maximum Gasteiger partial charge on any atom is 0.257 e. The van der Waals surface area contributed by atoms with E-state index in [1.165, 1.54) is 10.9 Å². The number of hydrogen-bond donors (Lipinski definition) is 2. The number of aromatic amines is 1. The molecule has 4 rings (SSSR count). The van der Waals surface area contributed by atoms with Gasteiger partial charge in [-0.15, -0.1) is 0 Å². The summed E-state index contributed by atoms with van der Waals surface area (Å²) in [7, 11) is 0. The fraction of sp³-hybridized carbons (Fsp3) is 0.125. The van der Waals surface area contributed by atoms with Crippen molar-refractivity contribution in [2.24, 2.45) is 0 Å². The molecule has 0 radical (unpaired) electrons. The van der Waals surface area contributed by atoms with Gasteiger partial charge < -0.3 is 15.0 Å². The maximum atomic E-state index is 12.1. The Balaban J connectivity index is 1.24. The number of fused-ring (bicyclic) bond motifs is 1. The van der Waals surface area contributed by atoms with Crippen LogP contribution in [0.15, 0.2) is 85.1 Å². The molecule has 0 aliphatic heterocycles. The average Bonchev–Trinajstić information content (AvgIpc) is 3.16. The summed E-state index contributed by atoms with van der Waals surface area (Å²) in [6, 6.07) is 26.1. The molecule has 4 heteroatoms. The third-order valence-corrected chi connectivity index (χ3v) is 4.72. The Bertz CT molecular complexity index is 1050. The minimum absolute atomic E-state index is 0.0125. The molecule has 0 saturated carbocycles. The van der Waals surface area contributed by atoms with Crippen molar-refractivity contribution in [2.45, 2.75) is 6.42 Å². The van der Waals surface area contributed by atoms with E-state index < -0.39 is 0 Å². The Hall–Kier alpha value is -3.53. The van der Waals surface area contributed by atoms with E-state index in [1.807, 2.05) is 66.9 Å². The van der Waals surface area contributed by atoms with E-state index in [-0.39, 0.29) is 12.5 Å². The van der Waals surface area contributed by atoms with Crippen molar-refractivity contribution >= 4 is 16.8 Å². The molecule has 0 aliphatic rings. The van der Waals surface area contributed by atoms with Crippen LogP contribution in [0.4, 0.5) is 0 Å². The Morgan fingerprint density at radius 2 is 1.57 bits per heavy atom. The summed E-state index contributed by atoms with van der Waals surface area (Å²) in [5, 5.41) is 4.12. The molecule has 1 heterocycles. The van der Waals surface area contributed by atoms with Crippen LogP contribution in [0.2, 0.25) is 0 Å². The van der Waals surface area contributed by atoms with Gasteiger partial charge in [-0.1, -0.05) is 60.7 Å². The number of carbonyl (C=O) groups excluding carboxylic acids is 1. The van der Waals surface area contributed by atoms with Gasteiger partial charge in [0.25, 0.3) is 5.91 Å².